The molecule has 2 aromatic carbocycles. The number of morpholine rings is 1. The van der Waals surface area contributed by atoms with Crippen LogP contribution >= 0.6 is 11.6 Å². The number of aliphatic imine (C=N–C) groups is 1. The Labute approximate surface area is 233 Å². The number of carbonyl (C=O) groups is 1. The molecule has 5 rings (SSSR count). The first kappa shape index (κ1) is 27.7. The van der Waals surface area contributed by atoms with Crippen molar-refractivity contribution in [1.82, 2.24) is 9.80 Å². The van der Waals surface area contributed by atoms with Crippen LogP contribution < -0.4 is 21.1 Å². The molecule has 13 heteroatoms. The number of halogens is 1. The molecule has 0 bridgehead atoms. The van der Waals surface area contributed by atoms with E-state index in [-0.39, 0.29) is 22.0 Å². The SMILES string of the molecule is Cc1cc(C(=O)N=C(N)N)cc2c1Oc1c(Cl)cc(N3CCN(CCN4CCOCC4)CC3)cc1CS2(=O)=O. The summed E-state index contributed by atoms with van der Waals surface area (Å²) < 4.78 is 38.5. The molecule has 11 nitrogen and oxygen atoms in total. The zero-order valence-electron chi connectivity index (χ0n) is 21.9. The fourth-order valence-corrected chi connectivity index (χ4v) is 7.01. The van der Waals surface area contributed by atoms with Crippen molar-refractivity contribution in [3.8, 4) is 11.5 Å². The minimum Gasteiger partial charge on any atom is -0.454 e. The molecule has 3 aliphatic heterocycles. The summed E-state index contributed by atoms with van der Waals surface area (Å²) in [6.07, 6.45) is 0. The van der Waals surface area contributed by atoms with E-state index in [2.05, 4.69) is 19.7 Å². The van der Waals surface area contributed by atoms with Gasteiger partial charge in [0.2, 0.25) is 0 Å². The Hall–Kier alpha value is -2.90. The molecule has 210 valence electrons. The molecule has 39 heavy (non-hydrogen) atoms. The second kappa shape index (κ2) is 11.3. The van der Waals surface area contributed by atoms with Crippen LogP contribution in [0.4, 0.5) is 5.69 Å². The lowest BCUT2D eigenvalue weighted by atomic mass is 10.1. The van der Waals surface area contributed by atoms with Crippen molar-refractivity contribution >= 4 is 39.0 Å². The first-order valence-corrected chi connectivity index (χ1v) is 14.9. The number of rotatable bonds is 5. The molecule has 0 saturated carbocycles. The highest BCUT2D eigenvalue weighted by Crippen LogP contribution is 2.45. The lowest BCUT2D eigenvalue weighted by Crippen LogP contribution is -2.49. The van der Waals surface area contributed by atoms with Crippen molar-refractivity contribution in [3.05, 3.63) is 46.0 Å². The van der Waals surface area contributed by atoms with Gasteiger partial charge in [-0.25, -0.2) is 8.42 Å². The number of piperazine rings is 1. The zero-order chi connectivity index (χ0) is 27.7. The van der Waals surface area contributed by atoms with Crippen molar-refractivity contribution in [2.24, 2.45) is 16.5 Å². The Balaban J connectivity index is 1.34. The van der Waals surface area contributed by atoms with Crippen LogP contribution in [0.5, 0.6) is 11.5 Å². The molecule has 0 spiro atoms. The first-order valence-electron chi connectivity index (χ1n) is 12.9. The van der Waals surface area contributed by atoms with Gasteiger partial charge in [0.15, 0.2) is 15.8 Å². The van der Waals surface area contributed by atoms with E-state index in [4.69, 9.17) is 32.5 Å². The molecule has 2 aromatic rings. The van der Waals surface area contributed by atoms with Gasteiger partial charge in [0.25, 0.3) is 5.91 Å². The highest BCUT2D eigenvalue weighted by molar-refractivity contribution is 7.90. The molecule has 0 aliphatic carbocycles. The van der Waals surface area contributed by atoms with Gasteiger partial charge in [0.05, 0.1) is 24.0 Å². The molecule has 0 aromatic heterocycles. The van der Waals surface area contributed by atoms with Gasteiger partial charge >= 0.3 is 0 Å². The van der Waals surface area contributed by atoms with Gasteiger partial charge in [-0.2, -0.15) is 4.99 Å². The lowest BCUT2D eigenvalue weighted by Gasteiger charge is -2.37. The van der Waals surface area contributed by atoms with Crippen molar-refractivity contribution in [3.63, 3.8) is 0 Å². The molecule has 4 N–H and O–H groups in total. The van der Waals surface area contributed by atoms with Gasteiger partial charge in [-0.15, -0.1) is 0 Å². The number of guanidine groups is 1. The van der Waals surface area contributed by atoms with Gasteiger partial charge in [0.1, 0.15) is 16.4 Å². The van der Waals surface area contributed by atoms with E-state index in [1.165, 1.54) is 12.1 Å². The fraction of sp³-hybridized carbons (Fsp3) is 0.462. The fourth-order valence-electron chi connectivity index (χ4n) is 5.17. The van der Waals surface area contributed by atoms with Gasteiger partial charge < -0.3 is 25.8 Å². The van der Waals surface area contributed by atoms with Crippen molar-refractivity contribution in [2.45, 2.75) is 17.6 Å². The number of nitrogens with zero attached hydrogens (tertiary/aromatic N) is 4. The monoisotopic (exact) mass is 576 g/mol. The zero-order valence-corrected chi connectivity index (χ0v) is 23.4. The van der Waals surface area contributed by atoms with E-state index in [0.717, 1.165) is 71.3 Å². The standard InChI is InChI=1S/C26H33ClN6O5S/c1-17-12-18(25(34)30-26(28)29)14-22-23(17)38-24-19(16-39(22,35)36)13-20(15-21(24)27)33-6-4-31(5-7-33)2-3-32-8-10-37-11-9-32/h12-15H,2-11,16H2,1H3,(H4,28,29,30,34). The topological polar surface area (TPSA) is 144 Å². The predicted molar refractivity (Wildman–Crippen MR) is 150 cm³/mol. The number of hydrogen-bond acceptors (Lipinski definition) is 8. The van der Waals surface area contributed by atoms with E-state index in [1.807, 2.05) is 12.1 Å². The average molecular weight is 577 g/mol. The third-order valence-electron chi connectivity index (χ3n) is 7.28. The van der Waals surface area contributed by atoms with Crippen LogP contribution in [0, 0.1) is 6.92 Å². The Morgan fingerprint density at radius 1 is 0.974 bits per heavy atom. The highest BCUT2D eigenvalue weighted by Gasteiger charge is 2.32. The molecular formula is C26H33ClN6O5S. The Morgan fingerprint density at radius 3 is 2.31 bits per heavy atom. The van der Waals surface area contributed by atoms with Crippen LogP contribution in [-0.4, -0.2) is 95.7 Å². The summed E-state index contributed by atoms with van der Waals surface area (Å²) in [5.41, 5.74) is 12.5. The summed E-state index contributed by atoms with van der Waals surface area (Å²) >= 11 is 6.68. The average Bonchev–Trinajstić information content (AvgIpc) is 3.01. The van der Waals surface area contributed by atoms with Crippen molar-refractivity contribution in [1.29, 1.82) is 0 Å². The predicted octanol–water partition coefficient (Wildman–Crippen LogP) is 1.60. The van der Waals surface area contributed by atoms with E-state index in [0.29, 0.717) is 21.9 Å². The Bertz CT molecular complexity index is 1400. The number of aryl methyl sites for hydroxylation is 1. The maximum atomic E-state index is 13.5. The smallest absolute Gasteiger partial charge is 0.280 e. The molecule has 0 unspecified atom stereocenters. The second-order valence-electron chi connectivity index (χ2n) is 10.0. The van der Waals surface area contributed by atoms with Gasteiger partial charge in [0, 0.05) is 69.2 Å². The Morgan fingerprint density at radius 2 is 1.64 bits per heavy atom. The summed E-state index contributed by atoms with van der Waals surface area (Å²) in [6, 6.07) is 6.42. The summed E-state index contributed by atoms with van der Waals surface area (Å²) in [7, 11) is -3.88. The Kier molecular flexibility index (Phi) is 8.01. The third-order valence-corrected chi connectivity index (χ3v) is 9.23. The van der Waals surface area contributed by atoms with Gasteiger partial charge in [-0.3, -0.25) is 14.6 Å². The van der Waals surface area contributed by atoms with Crippen molar-refractivity contribution < 1.29 is 22.7 Å². The summed E-state index contributed by atoms with van der Waals surface area (Å²) in [6.45, 7) is 10.7. The van der Waals surface area contributed by atoms with E-state index < -0.39 is 21.7 Å². The van der Waals surface area contributed by atoms with Crippen LogP contribution in [0.25, 0.3) is 0 Å². The van der Waals surface area contributed by atoms with Crippen molar-refractivity contribution in [2.75, 3.05) is 70.5 Å². The highest BCUT2D eigenvalue weighted by atomic mass is 35.5. The molecule has 0 atom stereocenters. The van der Waals surface area contributed by atoms with Crippen LogP contribution in [0.15, 0.2) is 34.2 Å². The number of nitrogens with two attached hydrogens (primary N) is 2. The summed E-state index contributed by atoms with van der Waals surface area (Å²) in [4.78, 5) is 22.9. The maximum absolute atomic E-state index is 13.5. The lowest BCUT2D eigenvalue weighted by molar-refractivity contribution is 0.0331. The first-order chi connectivity index (χ1) is 18.6. The van der Waals surface area contributed by atoms with E-state index in [1.54, 1.807) is 6.92 Å². The number of amides is 1. The molecule has 0 radical (unpaired) electrons. The number of benzene rings is 2. The van der Waals surface area contributed by atoms with Crippen LogP contribution in [0.1, 0.15) is 21.5 Å². The third kappa shape index (κ3) is 6.15. The quantitative estimate of drug-likeness (QED) is 0.398. The number of sulfone groups is 1. The van der Waals surface area contributed by atoms with Crippen LogP contribution in [0.3, 0.4) is 0 Å². The van der Waals surface area contributed by atoms with Gasteiger partial charge in [-0.1, -0.05) is 11.6 Å². The normalized spacial score (nSPS) is 19.4. The number of anilines is 1. The molecule has 2 fully saturated rings. The number of carbonyl (C=O) groups excluding carboxylic acids is 1. The number of hydrogen-bond donors (Lipinski definition) is 2. The minimum atomic E-state index is -3.88. The summed E-state index contributed by atoms with van der Waals surface area (Å²) in [5.74, 6) is -1.02. The van der Waals surface area contributed by atoms with E-state index in [9.17, 15) is 13.2 Å². The summed E-state index contributed by atoms with van der Waals surface area (Å²) in [5, 5.41) is 0.334. The van der Waals surface area contributed by atoms with E-state index >= 15 is 0 Å². The largest absolute Gasteiger partial charge is 0.454 e. The molecule has 2 saturated heterocycles. The minimum absolute atomic E-state index is 0.0519. The second-order valence-corrected chi connectivity index (χ2v) is 12.4. The molecular weight excluding hydrogens is 544 g/mol. The van der Waals surface area contributed by atoms with Crippen LogP contribution in [-0.2, 0) is 20.3 Å². The molecule has 1 amide bonds. The van der Waals surface area contributed by atoms with Gasteiger partial charge in [-0.05, 0) is 36.8 Å². The maximum Gasteiger partial charge on any atom is 0.280 e. The molecule has 3 heterocycles. The number of fused-ring (bicyclic) bond motifs is 2. The molecule has 3 aliphatic rings. The van der Waals surface area contributed by atoms with Crippen LogP contribution in [0.2, 0.25) is 5.02 Å². The number of ether oxygens (including phenoxy) is 2.